The van der Waals surface area contributed by atoms with Crippen molar-refractivity contribution in [3.8, 4) is 0 Å². The van der Waals surface area contributed by atoms with Gasteiger partial charge < -0.3 is 19.9 Å². The van der Waals surface area contributed by atoms with Gasteiger partial charge in [0.2, 0.25) is 11.8 Å². The molecule has 3 saturated heterocycles. The summed E-state index contributed by atoms with van der Waals surface area (Å²) in [6, 6.07) is 0.167. The molecule has 0 aromatic rings. The average Bonchev–Trinajstić information content (AvgIpc) is 2.58. The summed E-state index contributed by atoms with van der Waals surface area (Å²) in [5, 5.41) is 3.34. The predicted octanol–water partition coefficient (Wildman–Crippen LogP) is 1.04. The highest BCUT2D eigenvalue weighted by Crippen LogP contribution is 2.21. The normalized spacial score (nSPS) is 26.2. The van der Waals surface area contributed by atoms with Crippen LogP contribution in [-0.4, -0.2) is 73.6 Å². The number of carbonyl (C=O) groups excluding carboxylic acids is 2. The number of carbonyl (C=O) groups is 2. The number of rotatable bonds is 4. The van der Waals surface area contributed by atoms with E-state index >= 15 is 0 Å². The van der Waals surface area contributed by atoms with Gasteiger partial charge in [0.15, 0.2) is 0 Å². The molecule has 3 aliphatic heterocycles. The van der Waals surface area contributed by atoms with Crippen LogP contribution >= 0.6 is 12.4 Å². The molecule has 6 nitrogen and oxygen atoms in total. The molecule has 0 aliphatic carbocycles. The summed E-state index contributed by atoms with van der Waals surface area (Å²) in [7, 11) is 0. The monoisotopic (exact) mass is 359 g/mol. The molecule has 3 rings (SSSR count). The molecule has 1 atom stereocenters. The van der Waals surface area contributed by atoms with Crippen LogP contribution in [-0.2, 0) is 14.3 Å². The average molecular weight is 360 g/mol. The zero-order chi connectivity index (χ0) is 16.1. The molecule has 0 aromatic carbocycles. The standard InChI is InChI=1S/C17H29N3O3.ClH/c21-16-3-1-2-7-20(16)12-14-4-8-19(9-5-14)17(22)11-15-13-23-10-6-18-15;/h14-15,18H,1-13H2;1H. The van der Waals surface area contributed by atoms with Crippen LogP contribution in [0.2, 0.25) is 0 Å². The molecule has 0 saturated carbocycles. The van der Waals surface area contributed by atoms with Crippen LogP contribution in [0.3, 0.4) is 0 Å². The second-order valence-corrected chi connectivity index (χ2v) is 7.05. The highest BCUT2D eigenvalue weighted by atomic mass is 35.5. The van der Waals surface area contributed by atoms with Gasteiger partial charge in [-0.25, -0.2) is 0 Å². The highest BCUT2D eigenvalue weighted by Gasteiger charge is 2.28. The molecule has 1 N–H and O–H groups in total. The second-order valence-electron chi connectivity index (χ2n) is 7.05. The second kappa shape index (κ2) is 9.59. The zero-order valence-corrected chi connectivity index (χ0v) is 15.2. The van der Waals surface area contributed by atoms with Crippen molar-refractivity contribution in [2.75, 3.05) is 45.9 Å². The Labute approximate surface area is 150 Å². The fourth-order valence-electron chi connectivity index (χ4n) is 3.82. The van der Waals surface area contributed by atoms with Gasteiger partial charge >= 0.3 is 0 Å². The van der Waals surface area contributed by atoms with E-state index in [0.29, 0.717) is 31.3 Å². The Morgan fingerprint density at radius 2 is 2.00 bits per heavy atom. The Morgan fingerprint density at radius 3 is 2.67 bits per heavy atom. The highest BCUT2D eigenvalue weighted by molar-refractivity contribution is 5.85. The molecule has 3 aliphatic rings. The van der Waals surface area contributed by atoms with Crippen molar-refractivity contribution in [2.24, 2.45) is 5.92 Å². The lowest BCUT2D eigenvalue weighted by Gasteiger charge is -2.36. The number of likely N-dealkylation sites (tertiary alicyclic amines) is 2. The molecule has 0 bridgehead atoms. The minimum Gasteiger partial charge on any atom is -0.378 e. The van der Waals surface area contributed by atoms with Crippen LogP contribution in [0.1, 0.15) is 38.5 Å². The third kappa shape index (κ3) is 5.33. The van der Waals surface area contributed by atoms with Gasteiger partial charge in [-0.3, -0.25) is 9.59 Å². The molecule has 0 spiro atoms. The van der Waals surface area contributed by atoms with Crippen molar-refractivity contribution in [1.29, 1.82) is 0 Å². The summed E-state index contributed by atoms with van der Waals surface area (Å²) in [5.41, 5.74) is 0. The van der Waals surface area contributed by atoms with Gasteiger partial charge in [-0.05, 0) is 31.6 Å². The summed E-state index contributed by atoms with van der Waals surface area (Å²) in [4.78, 5) is 28.3. The number of halogens is 1. The molecule has 24 heavy (non-hydrogen) atoms. The quantitative estimate of drug-likeness (QED) is 0.814. The van der Waals surface area contributed by atoms with E-state index in [1.54, 1.807) is 0 Å². The Morgan fingerprint density at radius 1 is 1.21 bits per heavy atom. The molecule has 3 heterocycles. The SMILES string of the molecule is Cl.O=C(CC1COCCN1)N1CCC(CN2CCCCC2=O)CC1. The lowest BCUT2D eigenvalue weighted by atomic mass is 9.94. The van der Waals surface area contributed by atoms with Gasteiger partial charge in [0.05, 0.1) is 13.2 Å². The molecule has 3 fully saturated rings. The fourth-order valence-corrected chi connectivity index (χ4v) is 3.82. The van der Waals surface area contributed by atoms with Crippen molar-refractivity contribution in [3.05, 3.63) is 0 Å². The van der Waals surface area contributed by atoms with Gasteiger partial charge in [-0.2, -0.15) is 0 Å². The zero-order valence-electron chi connectivity index (χ0n) is 14.4. The number of amides is 2. The maximum atomic E-state index is 12.4. The number of piperidine rings is 2. The molecule has 138 valence electrons. The molecular weight excluding hydrogens is 330 g/mol. The van der Waals surface area contributed by atoms with Crippen LogP contribution in [0.5, 0.6) is 0 Å². The van der Waals surface area contributed by atoms with Crippen molar-refractivity contribution in [3.63, 3.8) is 0 Å². The number of ether oxygens (including phenoxy) is 1. The van der Waals surface area contributed by atoms with E-state index in [0.717, 1.165) is 65.0 Å². The summed E-state index contributed by atoms with van der Waals surface area (Å²) < 4.78 is 5.41. The Kier molecular flexibility index (Phi) is 7.78. The van der Waals surface area contributed by atoms with Crippen LogP contribution in [0.15, 0.2) is 0 Å². The van der Waals surface area contributed by atoms with Crippen molar-refractivity contribution >= 4 is 24.2 Å². The van der Waals surface area contributed by atoms with Crippen LogP contribution < -0.4 is 5.32 Å². The minimum absolute atomic E-state index is 0. The van der Waals surface area contributed by atoms with E-state index < -0.39 is 0 Å². The van der Waals surface area contributed by atoms with Crippen molar-refractivity contribution < 1.29 is 14.3 Å². The van der Waals surface area contributed by atoms with E-state index in [4.69, 9.17) is 4.74 Å². The van der Waals surface area contributed by atoms with Crippen molar-refractivity contribution in [2.45, 2.75) is 44.6 Å². The lowest BCUT2D eigenvalue weighted by Crippen LogP contribution is -2.47. The minimum atomic E-state index is 0. The first-order valence-corrected chi connectivity index (χ1v) is 9.09. The number of hydrogen-bond acceptors (Lipinski definition) is 4. The first-order chi connectivity index (χ1) is 11.2. The first-order valence-electron chi connectivity index (χ1n) is 9.09. The van der Waals surface area contributed by atoms with Gasteiger partial charge in [-0.1, -0.05) is 0 Å². The summed E-state index contributed by atoms with van der Waals surface area (Å²) in [6.45, 7) is 5.69. The molecule has 0 aromatic heterocycles. The molecule has 7 heteroatoms. The van der Waals surface area contributed by atoms with E-state index in [1.807, 2.05) is 9.80 Å². The van der Waals surface area contributed by atoms with Crippen molar-refractivity contribution in [1.82, 2.24) is 15.1 Å². The topological polar surface area (TPSA) is 61.9 Å². The van der Waals surface area contributed by atoms with Gasteiger partial charge in [0.1, 0.15) is 0 Å². The Balaban J connectivity index is 0.00000208. The molecule has 0 radical (unpaired) electrons. The number of morpholine rings is 1. The smallest absolute Gasteiger partial charge is 0.224 e. The number of nitrogens with zero attached hydrogens (tertiary/aromatic N) is 2. The van der Waals surface area contributed by atoms with Gasteiger partial charge in [-0.15, -0.1) is 12.4 Å². The summed E-state index contributed by atoms with van der Waals surface area (Å²) in [5.74, 6) is 1.11. The number of hydrogen-bond donors (Lipinski definition) is 1. The number of nitrogens with one attached hydrogen (secondary N) is 1. The van der Waals surface area contributed by atoms with E-state index in [-0.39, 0.29) is 24.4 Å². The molecular formula is C17H30ClN3O3. The van der Waals surface area contributed by atoms with Crippen LogP contribution in [0.4, 0.5) is 0 Å². The molecule has 1 unspecified atom stereocenters. The maximum Gasteiger partial charge on any atom is 0.224 e. The van der Waals surface area contributed by atoms with E-state index in [9.17, 15) is 9.59 Å². The predicted molar refractivity (Wildman–Crippen MR) is 94.2 cm³/mol. The van der Waals surface area contributed by atoms with Crippen LogP contribution in [0.25, 0.3) is 0 Å². The van der Waals surface area contributed by atoms with Crippen LogP contribution in [0, 0.1) is 5.92 Å². The third-order valence-corrected chi connectivity index (χ3v) is 5.29. The lowest BCUT2D eigenvalue weighted by molar-refractivity contribution is -0.136. The third-order valence-electron chi connectivity index (χ3n) is 5.29. The Bertz CT molecular complexity index is 421. The van der Waals surface area contributed by atoms with E-state index in [2.05, 4.69) is 5.32 Å². The van der Waals surface area contributed by atoms with E-state index in [1.165, 1.54) is 0 Å². The summed E-state index contributed by atoms with van der Waals surface area (Å²) >= 11 is 0. The van der Waals surface area contributed by atoms with Gasteiger partial charge in [0, 0.05) is 51.6 Å². The Hall–Kier alpha value is -0.850. The fraction of sp³-hybridized carbons (Fsp3) is 0.882. The largest absolute Gasteiger partial charge is 0.378 e. The van der Waals surface area contributed by atoms with Gasteiger partial charge in [0.25, 0.3) is 0 Å². The summed E-state index contributed by atoms with van der Waals surface area (Å²) in [6.07, 6.45) is 5.47. The maximum absolute atomic E-state index is 12.4. The molecule has 2 amide bonds. The first kappa shape index (κ1) is 19.5.